The number of aliphatic hydroxyl groups excluding tert-OH is 1. The van der Waals surface area contributed by atoms with E-state index in [4.69, 9.17) is 5.73 Å². The van der Waals surface area contributed by atoms with Gasteiger partial charge in [-0.2, -0.15) is 0 Å². The molecule has 0 spiro atoms. The van der Waals surface area contributed by atoms with Crippen molar-refractivity contribution in [1.82, 2.24) is 0 Å². The monoisotopic (exact) mass is 171 g/mol. The lowest BCUT2D eigenvalue weighted by atomic mass is 9.97. The first-order chi connectivity index (χ1) is 5.50. The van der Waals surface area contributed by atoms with Crippen molar-refractivity contribution in [2.75, 3.05) is 0 Å². The van der Waals surface area contributed by atoms with Crippen molar-refractivity contribution in [1.29, 1.82) is 0 Å². The Morgan fingerprint density at radius 2 is 2.17 bits per heavy atom. The molecule has 2 atom stereocenters. The Bertz CT molecular complexity index is 187. The van der Waals surface area contributed by atoms with Crippen molar-refractivity contribution in [3.8, 4) is 0 Å². The van der Waals surface area contributed by atoms with Crippen LogP contribution >= 0.6 is 0 Å². The minimum absolute atomic E-state index is 0.466. The van der Waals surface area contributed by atoms with Gasteiger partial charge in [0.2, 0.25) is 5.91 Å². The van der Waals surface area contributed by atoms with Crippen LogP contribution in [-0.4, -0.2) is 17.1 Å². The summed E-state index contributed by atoms with van der Waals surface area (Å²) in [5, 5.41) is 9.52. The van der Waals surface area contributed by atoms with Crippen LogP contribution in [0, 0.1) is 5.92 Å². The molecular formula is C9H17NO2. The van der Waals surface area contributed by atoms with Gasteiger partial charge in [-0.3, -0.25) is 4.79 Å². The first kappa shape index (κ1) is 11.2. The number of hydrogen-bond donors (Lipinski definition) is 2. The van der Waals surface area contributed by atoms with Gasteiger partial charge in [0.25, 0.3) is 0 Å². The van der Waals surface area contributed by atoms with E-state index in [1.807, 2.05) is 13.0 Å². The highest BCUT2D eigenvalue weighted by Gasteiger charge is 2.20. The maximum absolute atomic E-state index is 10.7. The lowest BCUT2D eigenvalue weighted by Gasteiger charge is -2.16. The maximum Gasteiger partial charge on any atom is 0.223 e. The second-order valence-electron chi connectivity index (χ2n) is 2.99. The molecule has 1 amide bonds. The van der Waals surface area contributed by atoms with Gasteiger partial charge in [0, 0.05) is 0 Å². The summed E-state index contributed by atoms with van der Waals surface area (Å²) in [4.78, 5) is 10.7. The zero-order valence-corrected chi connectivity index (χ0v) is 7.87. The zero-order valence-electron chi connectivity index (χ0n) is 7.87. The molecule has 12 heavy (non-hydrogen) atoms. The van der Waals surface area contributed by atoms with Crippen LogP contribution in [0.4, 0.5) is 0 Å². The third kappa shape index (κ3) is 3.05. The molecule has 70 valence electrons. The van der Waals surface area contributed by atoms with Gasteiger partial charge in [-0.1, -0.05) is 19.9 Å². The Hall–Kier alpha value is -0.830. The van der Waals surface area contributed by atoms with Gasteiger partial charge in [-0.25, -0.2) is 0 Å². The van der Waals surface area contributed by atoms with E-state index in [1.165, 1.54) is 0 Å². The highest BCUT2D eigenvalue weighted by atomic mass is 16.3. The van der Waals surface area contributed by atoms with Crippen molar-refractivity contribution in [3.05, 3.63) is 11.6 Å². The predicted octanol–water partition coefficient (Wildman–Crippen LogP) is 0.825. The summed E-state index contributed by atoms with van der Waals surface area (Å²) >= 11 is 0. The molecule has 0 rings (SSSR count). The first-order valence-corrected chi connectivity index (χ1v) is 4.14. The summed E-state index contributed by atoms with van der Waals surface area (Å²) in [6.07, 6.45) is 2.01. The summed E-state index contributed by atoms with van der Waals surface area (Å²) < 4.78 is 0. The SMILES string of the molecule is CC/C=C(\C)[C@H](O)[C@@H](C)C(N)=O. The Labute approximate surface area is 73.3 Å². The molecule has 0 aromatic heterocycles. The average molecular weight is 171 g/mol. The Morgan fingerprint density at radius 1 is 1.67 bits per heavy atom. The Kier molecular flexibility index (Phi) is 4.59. The van der Waals surface area contributed by atoms with Crippen LogP contribution in [0.5, 0.6) is 0 Å². The van der Waals surface area contributed by atoms with Crippen molar-refractivity contribution in [2.24, 2.45) is 11.7 Å². The topological polar surface area (TPSA) is 63.3 Å². The largest absolute Gasteiger partial charge is 0.388 e. The standard InChI is InChI=1S/C9H17NO2/c1-4-5-6(2)8(11)7(3)9(10)12/h5,7-8,11H,4H2,1-3H3,(H2,10,12)/b6-5+/t7-,8+/m1/s1. The molecule has 3 heteroatoms. The van der Waals surface area contributed by atoms with Crippen LogP contribution in [0.2, 0.25) is 0 Å². The van der Waals surface area contributed by atoms with E-state index in [2.05, 4.69) is 0 Å². The van der Waals surface area contributed by atoms with Gasteiger partial charge in [-0.05, 0) is 18.9 Å². The van der Waals surface area contributed by atoms with Gasteiger partial charge in [0.15, 0.2) is 0 Å². The highest BCUT2D eigenvalue weighted by molar-refractivity contribution is 5.77. The van der Waals surface area contributed by atoms with E-state index in [1.54, 1.807) is 13.8 Å². The van der Waals surface area contributed by atoms with Crippen LogP contribution in [0.15, 0.2) is 11.6 Å². The molecule has 0 fully saturated rings. The second-order valence-corrected chi connectivity index (χ2v) is 2.99. The van der Waals surface area contributed by atoms with E-state index >= 15 is 0 Å². The lowest BCUT2D eigenvalue weighted by Crippen LogP contribution is -2.31. The minimum atomic E-state index is -0.734. The fourth-order valence-electron chi connectivity index (χ4n) is 0.993. The molecule has 0 saturated carbocycles. The number of amides is 1. The quantitative estimate of drug-likeness (QED) is 0.615. The van der Waals surface area contributed by atoms with Gasteiger partial charge < -0.3 is 10.8 Å². The maximum atomic E-state index is 10.7. The minimum Gasteiger partial charge on any atom is -0.388 e. The molecular weight excluding hydrogens is 154 g/mol. The van der Waals surface area contributed by atoms with Crippen molar-refractivity contribution < 1.29 is 9.90 Å². The lowest BCUT2D eigenvalue weighted by molar-refractivity contribution is -0.123. The Morgan fingerprint density at radius 3 is 2.50 bits per heavy atom. The highest BCUT2D eigenvalue weighted by Crippen LogP contribution is 2.11. The molecule has 0 saturated heterocycles. The number of rotatable bonds is 4. The zero-order chi connectivity index (χ0) is 9.72. The summed E-state index contributed by atoms with van der Waals surface area (Å²) in [7, 11) is 0. The summed E-state index contributed by atoms with van der Waals surface area (Å²) in [6, 6.07) is 0. The van der Waals surface area contributed by atoms with E-state index in [-0.39, 0.29) is 0 Å². The van der Waals surface area contributed by atoms with Crippen molar-refractivity contribution in [3.63, 3.8) is 0 Å². The smallest absolute Gasteiger partial charge is 0.223 e. The molecule has 0 heterocycles. The van der Waals surface area contributed by atoms with Crippen LogP contribution in [0.1, 0.15) is 27.2 Å². The number of carbonyl (C=O) groups excluding carboxylic acids is 1. The summed E-state index contributed by atoms with van der Waals surface area (Å²) in [5.41, 5.74) is 5.85. The summed E-state index contributed by atoms with van der Waals surface area (Å²) in [5.74, 6) is -0.973. The molecule has 0 aromatic carbocycles. The molecule has 3 N–H and O–H groups in total. The molecule has 0 aliphatic rings. The van der Waals surface area contributed by atoms with Crippen LogP contribution < -0.4 is 5.73 Å². The van der Waals surface area contributed by atoms with E-state index in [0.717, 1.165) is 12.0 Å². The van der Waals surface area contributed by atoms with Gasteiger partial charge >= 0.3 is 0 Å². The summed E-state index contributed by atoms with van der Waals surface area (Å²) in [6.45, 7) is 5.40. The number of carbonyl (C=O) groups is 1. The number of primary amides is 1. The molecule has 0 bridgehead atoms. The molecule has 0 unspecified atom stereocenters. The van der Waals surface area contributed by atoms with Crippen molar-refractivity contribution >= 4 is 5.91 Å². The molecule has 0 aliphatic carbocycles. The normalized spacial score (nSPS) is 17.2. The Balaban J connectivity index is 4.28. The number of nitrogens with two attached hydrogens (primary N) is 1. The van der Waals surface area contributed by atoms with Crippen LogP contribution in [0.3, 0.4) is 0 Å². The van der Waals surface area contributed by atoms with Crippen LogP contribution in [-0.2, 0) is 4.79 Å². The molecule has 0 aromatic rings. The van der Waals surface area contributed by atoms with Crippen molar-refractivity contribution in [2.45, 2.75) is 33.3 Å². The van der Waals surface area contributed by atoms with Gasteiger partial charge in [0.1, 0.15) is 0 Å². The van der Waals surface area contributed by atoms with E-state index in [9.17, 15) is 9.90 Å². The third-order valence-electron chi connectivity index (χ3n) is 1.92. The van der Waals surface area contributed by atoms with Crippen LogP contribution in [0.25, 0.3) is 0 Å². The van der Waals surface area contributed by atoms with Gasteiger partial charge in [-0.15, -0.1) is 0 Å². The number of aliphatic hydroxyl groups is 1. The average Bonchev–Trinajstić information content (AvgIpc) is 2.02. The fraction of sp³-hybridized carbons (Fsp3) is 0.667. The fourth-order valence-corrected chi connectivity index (χ4v) is 0.993. The molecule has 0 aliphatic heterocycles. The number of hydrogen-bond acceptors (Lipinski definition) is 2. The predicted molar refractivity (Wildman–Crippen MR) is 48.4 cm³/mol. The molecule has 3 nitrogen and oxygen atoms in total. The van der Waals surface area contributed by atoms with E-state index in [0.29, 0.717) is 0 Å². The molecule has 0 radical (unpaired) electrons. The second kappa shape index (κ2) is 4.93. The number of allylic oxidation sites excluding steroid dienone is 1. The van der Waals surface area contributed by atoms with E-state index < -0.39 is 17.9 Å². The first-order valence-electron chi connectivity index (χ1n) is 4.14. The third-order valence-corrected chi connectivity index (χ3v) is 1.92. The van der Waals surface area contributed by atoms with Gasteiger partial charge in [0.05, 0.1) is 12.0 Å².